The molecule has 0 saturated carbocycles. The third-order valence-electron chi connectivity index (χ3n) is 4.80. The number of benzene rings is 1. The topological polar surface area (TPSA) is 49.6 Å². The van der Waals surface area contributed by atoms with Crippen LogP contribution in [-0.4, -0.2) is 48.9 Å². The predicted octanol–water partition coefficient (Wildman–Crippen LogP) is 2.73. The van der Waals surface area contributed by atoms with Crippen LogP contribution in [0.3, 0.4) is 0 Å². The fourth-order valence-electron chi connectivity index (χ4n) is 3.24. The summed E-state index contributed by atoms with van der Waals surface area (Å²) in [4.78, 5) is 17.0. The SMILES string of the molecule is CCCCN(C)CC1CCN(C(=O)c2ccc(CN)cc2)CC1. The van der Waals surface area contributed by atoms with E-state index in [1.807, 2.05) is 29.2 Å². The summed E-state index contributed by atoms with van der Waals surface area (Å²) in [5, 5.41) is 0. The summed E-state index contributed by atoms with van der Waals surface area (Å²) in [6, 6.07) is 7.69. The van der Waals surface area contributed by atoms with Crippen molar-refractivity contribution in [2.45, 2.75) is 39.2 Å². The van der Waals surface area contributed by atoms with Gasteiger partial charge < -0.3 is 15.5 Å². The molecule has 0 spiro atoms. The second kappa shape index (κ2) is 9.04. The Balaban J connectivity index is 1.80. The van der Waals surface area contributed by atoms with Crippen LogP contribution in [0.4, 0.5) is 0 Å². The lowest BCUT2D eigenvalue weighted by Crippen LogP contribution is -2.41. The Labute approximate surface area is 140 Å². The molecule has 4 heteroatoms. The maximum Gasteiger partial charge on any atom is 0.253 e. The van der Waals surface area contributed by atoms with E-state index in [1.165, 1.54) is 19.4 Å². The zero-order chi connectivity index (χ0) is 16.7. The summed E-state index contributed by atoms with van der Waals surface area (Å²) in [6.07, 6.45) is 4.75. The van der Waals surface area contributed by atoms with Crippen LogP contribution in [0.5, 0.6) is 0 Å². The van der Waals surface area contributed by atoms with E-state index in [-0.39, 0.29) is 5.91 Å². The van der Waals surface area contributed by atoms with E-state index in [0.29, 0.717) is 6.54 Å². The van der Waals surface area contributed by atoms with Gasteiger partial charge in [0.1, 0.15) is 0 Å². The van der Waals surface area contributed by atoms with E-state index in [4.69, 9.17) is 5.73 Å². The van der Waals surface area contributed by atoms with Gasteiger partial charge in [0, 0.05) is 31.7 Å². The molecule has 2 N–H and O–H groups in total. The molecule has 1 heterocycles. The maximum atomic E-state index is 12.6. The first-order valence-corrected chi connectivity index (χ1v) is 8.90. The van der Waals surface area contributed by atoms with E-state index in [9.17, 15) is 4.79 Å². The van der Waals surface area contributed by atoms with Crippen molar-refractivity contribution in [1.82, 2.24) is 9.80 Å². The molecular weight excluding hydrogens is 286 g/mol. The van der Waals surface area contributed by atoms with E-state index >= 15 is 0 Å². The third-order valence-corrected chi connectivity index (χ3v) is 4.80. The number of nitrogens with zero attached hydrogens (tertiary/aromatic N) is 2. The fraction of sp³-hybridized carbons (Fsp3) is 0.632. The number of unbranched alkanes of at least 4 members (excludes halogenated alkanes) is 1. The minimum absolute atomic E-state index is 0.159. The van der Waals surface area contributed by atoms with Crippen molar-refractivity contribution in [2.24, 2.45) is 11.7 Å². The lowest BCUT2D eigenvalue weighted by molar-refractivity contribution is 0.0673. The van der Waals surface area contributed by atoms with Crippen molar-refractivity contribution >= 4 is 5.91 Å². The van der Waals surface area contributed by atoms with Crippen LogP contribution in [0.2, 0.25) is 0 Å². The molecule has 0 radical (unpaired) electrons. The Kier molecular flexibility index (Phi) is 7.06. The van der Waals surface area contributed by atoms with Crippen molar-refractivity contribution < 1.29 is 4.79 Å². The second-order valence-corrected chi connectivity index (χ2v) is 6.75. The molecule has 1 saturated heterocycles. The molecule has 0 unspecified atom stereocenters. The monoisotopic (exact) mass is 317 g/mol. The molecule has 0 bridgehead atoms. The molecule has 2 rings (SSSR count). The van der Waals surface area contributed by atoms with Crippen LogP contribution < -0.4 is 5.73 Å². The summed E-state index contributed by atoms with van der Waals surface area (Å²) >= 11 is 0. The molecule has 0 aliphatic carbocycles. The standard InChI is InChI=1S/C19H31N3O/c1-3-4-11-21(2)15-17-9-12-22(13-10-17)19(23)18-7-5-16(14-20)6-8-18/h5-8,17H,3-4,9-15,20H2,1-2H3. The Bertz CT molecular complexity index is 478. The first kappa shape index (κ1) is 18.0. The molecule has 1 aliphatic heterocycles. The van der Waals surface area contributed by atoms with Crippen LogP contribution in [0.15, 0.2) is 24.3 Å². The smallest absolute Gasteiger partial charge is 0.253 e. The minimum atomic E-state index is 0.159. The van der Waals surface area contributed by atoms with Gasteiger partial charge in [-0.05, 0) is 56.5 Å². The largest absolute Gasteiger partial charge is 0.339 e. The molecule has 1 aliphatic rings. The van der Waals surface area contributed by atoms with Gasteiger partial charge in [0.25, 0.3) is 5.91 Å². The molecular formula is C19H31N3O. The van der Waals surface area contributed by atoms with Crippen molar-refractivity contribution in [3.8, 4) is 0 Å². The normalized spacial score (nSPS) is 16.1. The maximum absolute atomic E-state index is 12.6. The number of piperidine rings is 1. The minimum Gasteiger partial charge on any atom is -0.339 e. The summed E-state index contributed by atoms with van der Waals surface area (Å²) < 4.78 is 0. The predicted molar refractivity (Wildman–Crippen MR) is 95.4 cm³/mol. The summed E-state index contributed by atoms with van der Waals surface area (Å²) in [7, 11) is 2.21. The molecule has 1 aromatic carbocycles. The third kappa shape index (κ3) is 5.33. The zero-order valence-corrected chi connectivity index (χ0v) is 14.6. The van der Waals surface area contributed by atoms with Gasteiger partial charge in [-0.15, -0.1) is 0 Å². The Morgan fingerprint density at radius 3 is 2.48 bits per heavy atom. The van der Waals surface area contributed by atoms with E-state index in [2.05, 4.69) is 18.9 Å². The molecule has 0 aromatic heterocycles. The van der Waals surface area contributed by atoms with Gasteiger partial charge in [-0.2, -0.15) is 0 Å². The van der Waals surface area contributed by atoms with Gasteiger partial charge in [-0.3, -0.25) is 4.79 Å². The van der Waals surface area contributed by atoms with Gasteiger partial charge in [-0.25, -0.2) is 0 Å². The Hall–Kier alpha value is -1.39. The highest BCUT2D eigenvalue weighted by Gasteiger charge is 2.24. The van der Waals surface area contributed by atoms with E-state index < -0.39 is 0 Å². The van der Waals surface area contributed by atoms with Crippen molar-refractivity contribution in [3.63, 3.8) is 0 Å². The van der Waals surface area contributed by atoms with E-state index in [1.54, 1.807) is 0 Å². The highest BCUT2D eigenvalue weighted by atomic mass is 16.2. The summed E-state index contributed by atoms with van der Waals surface area (Å²) in [5.74, 6) is 0.881. The van der Waals surface area contributed by atoms with Gasteiger partial charge >= 0.3 is 0 Å². The van der Waals surface area contributed by atoms with Crippen molar-refractivity contribution in [2.75, 3.05) is 33.2 Å². The summed E-state index contributed by atoms with van der Waals surface area (Å²) in [6.45, 7) is 6.85. The second-order valence-electron chi connectivity index (χ2n) is 6.75. The van der Waals surface area contributed by atoms with Gasteiger partial charge in [-0.1, -0.05) is 25.5 Å². The van der Waals surface area contributed by atoms with Crippen LogP contribution in [-0.2, 0) is 6.54 Å². The fourth-order valence-corrected chi connectivity index (χ4v) is 3.24. The number of likely N-dealkylation sites (tertiary alicyclic amines) is 1. The molecule has 1 fully saturated rings. The van der Waals surface area contributed by atoms with Gasteiger partial charge in [0.05, 0.1) is 0 Å². The van der Waals surface area contributed by atoms with Crippen molar-refractivity contribution in [3.05, 3.63) is 35.4 Å². The van der Waals surface area contributed by atoms with Gasteiger partial charge in [0.2, 0.25) is 0 Å². The van der Waals surface area contributed by atoms with Crippen LogP contribution in [0.25, 0.3) is 0 Å². The number of amides is 1. The number of carbonyl (C=O) groups is 1. The number of hydrogen-bond acceptors (Lipinski definition) is 3. The first-order valence-electron chi connectivity index (χ1n) is 8.90. The number of nitrogens with two attached hydrogens (primary N) is 1. The van der Waals surface area contributed by atoms with Crippen LogP contribution in [0, 0.1) is 5.92 Å². The van der Waals surface area contributed by atoms with Crippen molar-refractivity contribution in [1.29, 1.82) is 0 Å². The summed E-state index contributed by atoms with van der Waals surface area (Å²) in [5.41, 5.74) is 7.45. The molecule has 128 valence electrons. The Morgan fingerprint density at radius 1 is 1.26 bits per heavy atom. The van der Waals surface area contributed by atoms with E-state index in [0.717, 1.165) is 49.5 Å². The molecule has 1 aromatic rings. The van der Waals surface area contributed by atoms with Crippen LogP contribution >= 0.6 is 0 Å². The molecule has 0 atom stereocenters. The first-order chi connectivity index (χ1) is 11.1. The molecule has 4 nitrogen and oxygen atoms in total. The lowest BCUT2D eigenvalue weighted by atomic mass is 9.95. The quantitative estimate of drug-likeness (QED) is 0.841. The average molecular weight is 317 g/mol. The number of rotatable bonds is 7. The number of hydrogen-bond donors (Lipinski definition) is 1. The zero-order valence-electron chi connectivity index (χ0n) is 14.6. The average Bonchev–Trinajstić information content (AvgIpc) is 2.60. The van der Waals surface area contributed by atoms with Crippen LogP contribution in [0.1, 0.15) is 48.5 Å². The highest BCUT2D eigenvalue weighted by molar-refractivity contribution is 5.94. The molecule has 1 amide bonds. The Morgan fingerprint density at radius 2 is 1.91 bits per heavy atom. The van der Waals surface area contributed by atoms with Gasteiger partial charge in [0.15, 0.2) is 0 Å². The lowest BCUT2D eigenvalue weighted by Gasteiger charge is -2.34. The molecule has 23 heavy (non-hydrogen) atoms. The highest BCUT2D eigenvalue weighted by Crippen LogP contribution is 2.20. The number of carbonyl (C=O) groups excluding carboxylic acids is 1.